The molecule has 1 saturated carbocycles. The average molecular weight is 247 g/mol. The maximum absolute atomic E-state index is 9.43. The van der Waals surface area contributed by atoms with E-state index in [4.69, 9.17) is 0 Å². The minimum Gasteiger partial charge on any atom is -0.394 e. The Morgan fingerprint density at radius 3 is 3.06 bits per heavy atom. The minimum absolute atomic E-state index is 0.228. The second-order valence-corrected chi connectivity index (χ2v) is 5.31. The second kappa shape index (κ2) is 5.24. The smallest absolute Gasteiger partial charge is 0.133 e. The van der Waals surface area contributed by atoms with Crippen LogP contribution in [0.2, 0.25) is 0 Å². The van der Waals surface area contributed by atoms with Gasteiger partial charge >= 0.3 is 0 Å². The summed E-state index contributed by atoms with van der Waals surface area (Å²) in [5, 5.41) is 13.0. The molecule has 3 rings (SSSR count). The van der Waals surface area contributed by atoms with Crippen molar-refractivity contribution in [2.24, 2.45) is 0 Å². The normalized spacial score (nSPS) is 23.6. The molecule has 0 bridgehead atoms. The molecule has 1 aliphatic carbocycles. The van der Waals surface area contributed by atoms with E-state index in [1.54, 1.807) is 0 Å². The predicted molar refractivity (Wildman–Crippen MR) is 71.6 cm³/mol. The lowest BCUT2D eigenvalue weighted by Gasteiger charge is -2.26. The summed E-state index contributed by atoms with van der Waals surface area (Å²) in [6.45, 7) is 2.13. The van der Waals surface area contributed by atoms with Gasteiger partial charge in [-0.2, -0.15) is 0 Å². The zero-order chi connectivity index (χ0) is 12.4. The van der Waals surface area contributed by atoms with Crippen LogP contribution in [0.5, 0.6) is 0 Å². The van der Waals surface area contributed by atoms with E-state index in [0.717, 1.165) is 31.7 Å². The van der Waals surface area contributed by atoms with Crippen molar-refractivity contribution in [2.75, 3.05) is 18.1 Å². The monoisotopic (exact) mass is 247 g/mol. The number of nitrogens with zero attached hydrogens (tertiary/aromatic N) is 2. The van der Waals surface area contributed by atoms with Crippen LogP contribution in [0.15, 0.2) is 18.3 Å². The highest BCUT2D eigenvalue weighted by molar-refractivity contribution is 5.48. The van der Waals surface area contributed by atoms with Crippen molar-refractivity contribution in [3.8, 4) is 0 Å². The largest absolute Gasteiger partial charge is 0.394 e. The van der Waals surface area contributed by atoms with Gasteiger partial charge in [0.05, 0.1) is 12.6 Å². The summed E-state index contributed by atoms with van der Waals surface area (Å²) in [7, 11) is 0. The van der Waals surface area contributed by atoms with Gasteiger partial charge in [0.25, 0.3) is 0 Å². The van der Waals surface area contributed by atoms with Crippen molar-refractivity contribution >= 4 is 5.82 Å². The van der Waals surface area contributed by atoms with E-state index in [1.165, 1.54) is 18.4 Å². The van der Waals surface area contributed by atoms with Gasteiger partial charge < -0.3 is 15.3 Å². The van der Waals surface area contributed by atoms with E-state index in [0.29, 0.717) is 6.04 Å². The third-order valence-electron chi connectivity index (χ3n) is 3.89. The number of hydrogen-bond acceptors (Lipinski definition) is 4. The van der Waals surface area contributed by atoms with Gasteiger partial charge in [-0.1, -0.05) is 6.07 Å². The highest BCUT2D eigenvalue weighted by Crippen LogP contribution is 2.27. The van der Waals surface area contributed by atoms with Crippen LogP contribution in [0.3, 0.4) is 0 Å². The standard InChI is InChI=1S/C14H21N3O/c18-10-13-4-2-8-17(13)14-11(3-1-7-15-14)9-16-12-5-6-12/h1,3,7,12-13,16,18H,2,4-6,8-10H2. The van der Waals surface area contributed by atoms with Crippen LogP contribution in [0, 0.1) is 0 Å². The summed E-state index contributed by atoms with van der Waals surface area (Å²) in [6.07, 6.45) is 6.68. The van der Waals surface area contributed by atoms with Gasteiger partial charge in [-0.05, 0) is 31.7 Å². The molecule has 1 unspecified atom stereocenters. The van der Waals surface area contributed by atoms with Crippen molar-refractivity contribution < 1.29 is 5.11 Å². The molecule has 1 aliphatic heterocycles. The van der Waals surface area contributed by atoms with E-state index in [-0.39, 0.29) is 12.6 Å². The Balaban J connectivity index is 1.76. The number of aromatic nitrogens is 1. The van der Waals surface area contributed by atoms with Gasteiger partial charge in [0, 0.05) is 30.9 Å². The Hall–Kier alpha value is -1.13. The van der Waals surface area contributed by atoms with Crippen LogP contribution in [-0.4, -0.2) is 35.3 Å². The van der Waals surface area contributed by atoms with Crippen LogP contribution in [0.25, 0.3) is 0 Å². The topological polar surface area (TPSA) is 48.4 Å². The van der Waals surface area contributed by atoms with Crippen LogP contribution in [-0.2, 0) is 6.54 Å². The van der Waals surface area contributed by atoms with Crippen LogP contribution in [0.1, 0.15) is 31.2 Å². The summed E-state index contributed by atoms with van der Waals surface area (Å²) in [6, 6.07) is 5.10. The first-order valence-electron chi connectivity index (χ1n) is 6.93. The number of rotatable bonds is 5. The van der Waals surface area contributed by atoms with E-state index in [2.05, 4.69) is 21.3 Å². The molecule has 4 nitrogen and oxygen atoms in total. The third-order valence-corrected chi connectivity index (χ3v) is 3.89. The third kappa shape index (κ3) is 2.49. The molecule has 0 amide bonds. The molecule has 2 N–H and O–H groups in total. The van der Waals surface area contributed by atoms with Crippen LogP contribution in [0.4, 0.5) is 5.82 Å². The highest BCUT2D eigenvalue weighted by atomic mass is 16.3. The van der Waals surface area contributed by atoms with Gasteiger partial charge in [-0.15, -0.1) is 0 Å². The molecule has 0 spiro atoms. The summed E-state index contributed by atoms with van der Waals surface area (Å²) in [4.78, 5) is 6.80. The van der Waals surface area contributed by atoms with Crippen LogP contribution < -0.4 is 10.2 Å². The minimum atomic E-state index is 0.228. The fraction of sp³-hybridized carbons (Fsp3) is 0.643. The molecule has 1 aromatic rings. The molecule has 98 valence electrons. The number of hydrogen-bond donors (Lipinski definition) is 2. The van der Waals surface area contributed by atoms with Gasteiger partial charge in [0.1, 0.15) is 5.82 Å². The first-order chi connectivity index (χ1) is 8.88. The molecule has 1 saturated heterocycles. The highest BCUT2D eigenvalue weighted by Gasteiger charge is 2.27. The van der Waals surface area contributed by atoms with Crippen molar-refractivity contribution in [2.45, 2.75) is 44.3 Å². The number of aliphatic hydroxyl groups is 1. The number of pyridine rings is 1. The fourth-order valence-corrected chi connectivity index (χ4v) is 2.67. The molecule has 1 atom stereocenters. The number of anilines is 1. The zero-order valence-corrected chi connectivity index (χ0v) is 10.7. The summed E-state index contributed by atoms with van der Waals surface area (Å²) >= 11 is 0. The van der Waals surface area contributed by atoms with Crippen molar-refractivity contribution in [1.29, 1.82) is 0 Å². The molecular weight excluding hydrogens is 226 g/mol. The maximum Gasteiger partial charge on any atom is 0.133 e. The molecule has 18 heavy (non-hydrogen) atoms. The van der Waals surface area contributed by atoms with Crippen molar-refractivity contribution in [1.82, 2.24) is 10.3 Å². The number of nitrogens with one attached hydrogen (secondary N) is 1. The molecule has 4 heteroatoms. The van der Waals surface area contributed by atoms with E-state index >= 15 is 0 Å². The van der Waals surface area contributed by atoms with Gasteiger partial charge in [-0.25, -0.2) is 4.98 Å². The summed E-state index contributed by atoms with van der Waals surface area (Å²) < 4.78 is 0. The molecule has 1 aromatic heterocycles. The molecule has 2 fully saturated rings. The van der Waals surface area contributed by atoms with Gasteiger partial charge in [-0.3, -0.25) is 0 Å². The van der Waals surface area contributed by atoms with E-state index < -0.39 is 0 Å². The summed E-state index contributed by atoms with van der Waals surface area (Å²) in [5.74, 6) is 1.06. The second-order valence-electron chi connectivity index (χ2n) is 5.31. The Kier molecular flexibility index (Phi) is 3.48. The zero-order valence-electron chi connectivity index (χ0n) is 10.7. The Labute approximate surface area is 108 Å². The quantitative estimate of drug-likeness (QED) is 0.823. The molecule has 2 heterocycles. The Morgan fingerprint density at radius 2 is 2.28 bits per heavy atom. The molecular formula is C14H21N3O. The Bertz CT molecular complexity index is 406. The van der Waals surface area contributed by atoms with Gasteiger partial charge in [0.2, 0.25) is 0 Å². The van der Waals surface area contributed by atoms with Crippen LogP contribution >= 0.6 is 0 Å². The predicted octanol–water partition coefficient (Wildman–Crippen LogP) is 1.29. The van der Waals surface area contributed by atoms with E-state index in [9.17, 15) is 5.11 Å². The summed E-state index contributed by atoms with van der Waals surface area (Å²) in [5.41, 5.74) is 1.25. The van der Waals surface area contributed by atoms with Crippen molar-refractivity contribution in [3.63, 3.8) is 0 Å². The van der Waals surface area contributed by atoms with Gasteiger partial charge in [0.15, 0.2) is 0 Å². The Morgan fingerprint density at radius 1 is 1.39 bits per heavy atom. The average Bonchev–Trinajstić information content (AvgIpc) is 3.12. The molecule has 0 radical (unpaired) electrons. The first-order valence-corrected chi connectivity index (χ1v) is 6.93. The molecule has 0 aromatic carbocycles. The van der Waals surface area contributed by atoms with Crippen molar-refractivity contribution in [3.05, 3.63) is 23.9 Å². The lowest BCUT2D eigenvalue weighted by atomic mass is 10.2. The maximum atomic E-state index is 9.43. The SMILES string of the molecule is OCC1CCCN1c1ncccc1CNC1CC1. The lowest BCUT2D eigenvalue weighted by Crippen LogP contribution is -2.34. The molecule has 2 aliphatic rings. The lowest BCUT2D eigenvalue weighted by molar-refractivity contribution is 0.266. The van der Waals surface area contributed by atoms with E-state index in [1.807, 2.05) is 12.3 Å². The number of aliphatic hydroxyl groups excluding tert-OH is 1. The fourth-order valence-electron chi connectivity index (χ4n) is 2.67. The first kappa shape index (κ1) is 11.9.